The van der Waals surface area contributed by atoms with Crippen LogP contribution in [0.5, 0.6) is 23.3 Å². The van der Waals surface area contributed by atoms with E-state index in [4.69, 9.17) is 24.8 Å². The van der Waals surface area contributed by atoms with Crippen LogP contribution in [0.2, 0.25) is 0 Å². The second-order valence-corrected chi connectivity index (χ2v) is 6.09. The second kappa shape index (κ2) is 9.28. The number of nitrogens with one attached hydrogen (secondary N) is 2. The maximum Gasteiger partial charge on any atom is 0.411 e. The van der Waals surface area contributed by atoms with E-state index < -0.39 is 16.3 Å². The molecule has 0 aliphatic rings. The minimum atomic E-state index is -4.54. The van der Waals surface area contributed by atoms with Gasteiger partial charge in [0.05, 0.1) is 20.3 Å². The van der Waals surface area contributed by atoms with Crippen LogP contribution >= 0.6 is 0 Å². The van der Waals surface area contributed by atoms with E-state index in [1.165, 1.54) is 38.5 Å². The Kier molecular flexibility index (Phi) is 6.83. The molecule has 1 aromatic heterocycles. The number of hydrogen-bond acceptors (Lipinski definition) is 9. The third-order valence-electron chi connectivity index (χ3n) is 2.90. The predicted molar refractivity (Wildman–Crippen MR) is 97.6 cm³/mol. The number of amides is 2. The number of terminal acetylenes is 1. The third-order valence-corrected chi connectivity index (χ3v) is 3.73. The molecular formula is C16H16N4O7S. The summed E-state index contributed by atoms with van der Waals surface area (Å²) in [6, 6.07) is 6.11. The first-order valence-electron chi connectivity index (χ1n) is 7.52. The summed E-state index contributed by atoms with van der Waals surface area (Å²) < 4.78 is 45.7. The zero-order valence-corrected chi connectivity index (χ0v) is 15.6. The van der Waals surface area contributed by atoms with Crippen molar-refractivity contribution in [2.45, 2.75) is 0 Å². The van der Waals surface area contributed by atoms with Gasteiger partial charge in [0.25, 0.3) is 0 Å². The molecule has 1 heterocycles. The number of urea groups is 1. The van der Waals surface area contributed by atoms with Crippen LogP contribution in [-0.2, 0) is 10.3 Å². The Morgan fingerprint density at radius 2 is 1.75 bits per heavy atom. The zero-order chi connectivity index (χ0) is 20.6. The van der Waals surface area contributed by atoms with E-state index in [0.717, 1.165) is 0 Å². The normalized spacial score (nSPS) is 10.3. The Balaban J connectivity index is 2.09. The highest BCUT2D eigenvalue weighted by Crippen LogP contribution is 2.27. The SMILES string of the molecule is C#CCOc1ccccc1OS(=O)(=O)NC(=O)Nc1nc(OC)cc(OC)n1. The lowest BCUT2D eigenvalue weighted by atomic mass is 10.3. The van der Waals surface area contributed by atoms with Gasteiger partial charge >= 0.3 is 16.3 Å². The van der Waals surface area contributed by atoms with E-state index in [1.54, 1.807) is 10.8 Å². The number of nitrogens with zero attached hydrogens (tertiary/aromatic N) is 2. The molecule has 0 unspecified atom stereocenters. The minimum Gasteiger partial charge on any atom is -0.481 e. The first kappa shape index (κ1) is 20.6. The van der Waals surface area contributed by atoms with Crippen molar-refractivity contribution in [2.75, 3.05) is 26.1 Å². The Labute approximate surface area is 161 Å². The van der Waals surface area contributed by atoms with Crippen LogP contribution in [0.1, 0.15) is 0 Å². The van der Waals surface area contributed by atoms with Gasteiger partial charge in [-0.25, -0.2) is 9.52 Å². The van der Waals surface area contributed by atoms with Crippen molar-refractivity contribution in [3.8, 4) is 35.6 Å². The Hall–Kier alpha value is -3.72. The fourth-order valence-corrected chi connectivity index (χ4v) is 2.50. The summed E-state index contributed by atoms with van der Waals surface area (Å²) in [5.74, 6) is 2.13. The lowest BCUT2D eigenvalue weighted by Gasteiger charge is -2.12. The highest BCUT2D eigenvalue weighted by Gasteiger charge is 2.20. The van der Waals surface area contributed by atoms with Crippen molar-refractivity contribution in [1.29, 1.82) is 0 Å². The van der Waals surface area contributed by atoms with Crippen LogP contribution in [-0.4, -0.2) is 45.2 Å². The molecule has 0 radical (unpaired) electrons. The number of rotatable bonds is 8. The van der Waals surface area contributed by atoms with Crippen LogP contribution in [0, 0.1) is 12.3 Å². The molecule has 2 amide bonds. The molecular weight excluding hydrogens is 392 g/mol. The third kappa shape index (κ3) is 5.92. The molecule has 0 aliphatic heterocycles. The zero-order valence-electron chi connectivity index (χ0n) is 14.8. The lowest BCUT2D eigenvalue weighted by Crippen LogP contribution is -2.37. The average molecular weight is 408 g/mol. The molecule has 28 heavy (non-hydrogen) atoms. The van der Waals surface area contributed by atoms with E-state index >= 15 is 0 Å². The summed E-state index contributed by atoms with van der Waals surface area (Å²) >= 11 is 0. The fourth-order valence-electron chi connectivity index (χ4n) is 1.81. The number of carbonyl (C=O) groups is 1. The van der Waals surface area contributed by atoms with Crippen LogP contribution in [0.15, 0.2) is 30.3 Å². The first-order chi connectivity index (χ1) is 13.4. The van der Waals surface area contributed by atoms with E-state index in [-0.39, 0.29) is 35.8 Å². The highest BCUT2D eigenvalue weighted by atomic mass is 32.2. The molecule has 0 aliphatic carbocycles. The van der Waals surface area contributed by atoms with Gasteiger partial charge in [0.1, 0.15) is 6.61 Å². The molecule has 0 bridgehead atoms. The summed E-state index contributed by atoms with van der Waals surface area (Å²) in [4.78, 5) is 19.7. The molecule has 0 saturated carbocycles. The van der Waals surface area contributed by atoms with Crippen molar-refractivity contribution in [3.63, 3.8) is 0 Å². The molecule has 0 atom stereocenters. The summed E-state index contributed by atoms with van der Waals surface area (Å²) in [6.07, 6.45) is 5.11. The van der Waals surface area contributed by atoms with Crippen LogP contribution < -0.4 is 28.4 Å². The first-order valence-corrected chi connectivity index (χ1v) is 8.93. The van der Waals surface area contributed by atoms with Crippen molar-refractivity contribution in [1.82, 2.24) is 14.7 Å². The van der Waals surface area contributed by atoms with Gasteiger partial charge in [-0.1, -0.05) is 18.1 Å². The minimum absolute atomic E-state index is 0.0899. The van der Waals surface area contributed by atoms with Crippen LogP contribution in [0.4, 0.5) is 10.7 Å². The Bertz CT molecular complexity index is 966. The monoisotopic (exact) mass is 408 g/mol. The van der Waals surface area contributed by atoms with Crippen LogP contribution in [0.25, 0.3) is 0 Å². The molecule has 148 valence electrons. The molecule has 0 fully saturated rings. The van der Waals surface area contributed by atoms with Crippen LogP contribution in [0.3, 0.4) is 0 Å². The molecule has 2 aromatic rings. The van der Waals surface area contributed by atoms with Gasteiger partial charge < -0.3 is 18.4 Å². The molecule has 0 spiro atoms. The molecule has 12 heteroatoms. The maximum atomic E-state index is 12.1. The van der Waals surface area contributed by atoms with Crippen molar-refractivity contribution < 1.29 is 31.6 Å². The predicted octanol–water partition coefficient (Wildman–Crippen LogP) is 0.951. The molecule has 2 rings (SSSR count). The summed E-state index contributed by atoms with van der Waals surface area (Å²) in [6.45, 7) is -0.0939. The lowest BCUT2D eigenvalue weighted by molar-refractivity contribution is 0.255. The fraction of sp³-hybridized carbons (Fsp3) is 0.188. The second-order valence-electron chi connectivity index (χ2n) is 4.81. The topological polar surface area (TPSA) is 138 Å². The highest BCUT2D eigenvalue weighted by molar-refractivity contribution is 7.85. The number of hydrogen-bond donors (Lipinski definition) is 2. The summed E-state index contributed by atoms with van der Waals surface area (Å²) in [7, 11) is -1.84. The van der Waals surface area contributed by atoms with Gasteiger partial charge in [-0.05, 0) is 12.1 Å². The van der Waals surface area contributed by atoms with Gasteiger partial charge in [0.15, 0.2) is 11.5 Å². The number of para-hydroxylation sites is 2. The van der Waals surface area contributed by atoms with Crippen molar-refractivity contribution in [3.05, 3.63) is 30.3 Å². The molecule has 11 nitrogen and oxygen atoms in total. The van der Waals surface area contributed by atoms with E-state index in [1.807, 2.05) is 0 Å². The van der Waals surface area contributed by atoms with Crippen molar-refractivity contribution in [2.24, 2.45) is 0 Å². The van der Waals surface area contributed by atoms with E-state index in [0.29, 0.717) is 0 Å². The smallest absolute Gasteiger partial charge is 0.411 e. The molecule has 0 saturated heterocycles. The number of ether oxygens (including phenoxy) is 3. The maximum absolute atomic E-state index is 12.1. The number of carbonyl (C=O) groups excluding carboxylic acids is 1. The summed E-state index contributed by atoms with van der Waals surface area (Å²) in [5.41, 5.74) is 0. The number of benzene rings is 1. The quantitative estimate of drug-likeness (QED) is 0.611. The van der Waals surface area contributed by atoms with Gasteiger partial charge in [-0.2, -0.15) is 18.4 Å². The van der Waals surface area contributed by atoms with Crippen molar-refractivity contribution >= 4 is 22.3 Å². The Morgan fingerprint density at radius 3 is 2.32 bits per heavy atom. The van der Waals surface area contributed by atoms with Gasteiger partial charge in [-0.3, -0.25) is 5.32 Å². The van der Waals surface area contributed by atoms with E-state index in [9.17, 15) is 13.2 Å². The summed E-state index contributed by atoms with van der Waals surface area (Å²) in [5, 5.41) is 2.13. The average Bonchev–Trinajstić information content (AvgIpc) is 2.66. The largest absolute Gasteiger partial charge is 0.481 e. The van der Waals surface area contributed by atoms with Gasteiger partial charge in [0.2, 0.25) is 17.7 Å². The number of aromatic nitrogens is 2. The molecule has 1 aromatic carbocycles. The van der Waals surface area contributed by atoms with E-state index in [2.05, 4.69) is 21.2 Å². The molecule has 2 N–H and O–H groups in total. The standard InChI is InChI=1S/C16H16N4O7S/c1-4-9-26-11-7-5-6-8-12(11)27-28(22,23)20-16(21)19-15-17-13(24-2)10-14(18-15)25-3/h1,5-8,10H,9H2,2-3H3,(H2,17,18,19,20,21). The Morgan fingerprint density at radius 1 is 1.14 bits per heavy atom. The number of anilines is 1. The van der Waals surface area contributed by atoms with Gasteiger partial charge in [0, 0.05) is 0 Å². The van der Waals surface area contributed by atoms with Gasteiger partial charge in [-0.15, -0.1) is 6.42 Å². The number of methoxy groups -OCH3 is 2.